The molecule has 0 spiro atoms. The van der Waals surface area contributed by atoms with Crippen LogP contribution in [0.2, 0.25) is 0 Å². The van der Waals surface area contributed by atoms with Crippen LogP contribution >= 0.6 is 0 Å². The van der Waals surface area contributed by atoms with Crippen molar-refractivity contribution in [1.82, 2.24) is 14.3 Å². The van der Waals surface area contributed by atoms with E-state index >= 15 is 0 Å². The van der Waals surface area contributed by atoms with Crippen LogP contribution in [0.25, 0.3) is 0 Å². The lowest BCUT2D eigenvalue weighted by atomic mass is 10.3. The summed E-state index contributed by atoms with van der Waals surface area (Å²) in [5, 5.41) is 0. The Morgan fingerprint density at radius 2 is 1.77 bits per heavy atom. The first-order valence-corrected chi connectivity index (χ1v) is 11.2. The molecular formula is C19H24FN5O4S. The van der Waals surface area contributed by atoms with Gasteiger partial charge < -0.3 is 19.3 Å². The lowest BCUT2D eigenvalue weighted by molar-refractivity contribution is 0.122. The minimum atomic E-state index is -3.87. The van der Waals surface area contributed by atoms with E-state index in [1.54, 1.807) is 6.20 Å². The summed E-state index contributed by atoms with van der Waals surface area (Å²) in [6.07, 6.45) is 1.72. The fourth-order valence-electron chi connectivity index (χ4n) is 3.58. The van der Waals surface area contributed by atoms with Crippen LogP contribution in [0.15, 0.2) is 35.4 Å². The van der Waals surface area contributed by atoms with Crippen LogP contribution in [-0.4, -0.2) is 82.3 Å². The van der Waals surface area contributed by atoms with E-state index in [0.717, 1.165) is 25.0 Å². The predicted octanol–water partition coefficient (Wildman–Crippen LogP) is 0.972. The second-order valence-corrected chi connectivity index (χ2v) is 8.91. The van der Waals surface area contributed by atoms with Gasteiger partial charge in [0.1, 0.15) is 22.3 Å². The van der Waals surface area contributed by atoms with Gasteiger partial charge in [0.25, 0.3) is 0 Å². The summed E-state index contributed by atoms with van der Waals surface area (Å²) in [5.74, 6) is 0.914. The third kappa shape index (κ3) is 4.18. The van der Waals surface area contributed by atoms with Crippen LogP contribution in [0, 0.1) is 5.82 Å². The standard InChI is InChI=1S/C19H24FN5O4S/c1-28-16-3-2-15(20)14-17(16)30(26,27)25-8-6-23(7-9-25)18-4-5-21-19(22-18)24-10-12-29-13-11-24/h2-5,14H,6-13H2,1H3. The number of methoxy groups -OCH3 is 1. The van der Waals surface area contributed by atoms with Crippen molar-refractivity contribution in [2.24, 2.45) is 0 Å². The molecule has 0 unspecified atom stereocenters. The highest BCUT2D eigenvalue weighted by Gasteiger charge is 2.31. The summed E-state index contributed by atoms with van der Waals surface area (Å²) in [6, 6.07) is 5.33. The van der Waals surface area contributed by atoms with Gasteiger partial charge in [-0.2, -0.15) is 9.29 Å². The number of ether oxygens (including phenoxy) is 2. The number of morpholine rings is 1. The molecule has 4 rings (SSSR count). The smallest absolute Gasteiger partial charge is 0.246 e. The van der Waals surface area contributed by atoms with Gasteiger partial charge in [-0.25, -0.2) is 17.8 Å². The van der Waals surface area contributed by atoms with Gasteiger partial charge in [0.15, 0.2) is 0 Å². The normalized spacial score (nSPS) is 18.5. The summed E-state index contributed by atoms with van der Waals surface area (Å²) < 4.78 is 51.6. The number of benzene rings is 1. The molecule has 30 heavy (non-hydrogen) atoms. The SMILES string of the molecule is COc1ccc(F)cc1S(=O)(=O)N1CCN(c2ccnc(N3CCOCC3)n2)CC1. The van der Waals surface area contributed by atoms with Crippen molar-refractivity contribution in [1.29, 1.82) is 0 Å². The minimum absolute atomic E-state index is 0.129. The Hall–Kier alpha value is -2.50. The number of piperazine rings is 1. The van der Waals surface area contributed by atoms with Gasteiger partial charge in [0.05, 0.1) is 20.3 Å². The molecule has 1 aromatic carbocycles. The third-order valence-electron chi connectivity index (χ3n) is 5.23. The lowest BCUT2D eigenvalue weighted by Gasteiger charge is -2.35. The quantitative estimate of drug-likeness (QED) is 0.684. The summed E-state index contributed by atoms with van der Waals surface area (Å²) in [4.78, 5) is 13.0. The van der Waals surface area contributed by atoms with Gasteiger partial charge in [0.2, 0.25) is 16.0 Å². The van der Waals surface area contributed by atoms with Crippen molar-refractivity contribution >= 4 is 21.8 Å². The highest BCUT2D eigenvalue weighted by Crippen LogP contribution is 2.28. The van der Waals surface area contributed by atoms with Crippen molar-refractivity contribution in [3.8, 4) is 5.75 Å². The van der Waals surface area contributed by atoms with Crippen LogP contribution in [-0.2, 0) is 14.8 Å². The summed E-state index contributed by atoms with van der Waals surface area (Å²) >= 11 is 0. The third-order valence-corrected chi connectivity index (χ3v) is 7.15. The van der Waals surface area contributed by atoms with Gasteiger partial charge in [-0.1, -0.05) is 0 Å². The molecule has 0 atom stereocenters. The molecule has 0 amide bonds. The first-order valence-electron chi connectivity index (χ1n) is 9.73. The van der Waals surface area contributed by atoms with Gasteiger partial charge in [-0.3, -0.25) is 0 Å². The average molecular weight is 437 g/mol. The van der Waals surface area contributed by atoms with E-state index in [4.69, 9.17) is 9.47 Å². The fourth-order valence-corrected chi connectivity index (χ4v) is 5.17. The summed E-state index contributed by atoms with van der Waals surface area (Å²) in [7, 11) is -2.50. The lowest BCUT2D eigenvalue weighted by Crippen LogP contribution is -2.49. The Bertz CT molecular complexity index is 992. The average Bonchev–Trinajstić information content (AvgIpc) is 2.80. The zero-order valence-corrected chi connectivity index (χ0v) is 17.5. The molecule has 0 bridgehead atoms. The zero-order chi connectivity index (χ0) is 21.1. The number of hydrogen-bond donors (Lipinski definition) is 0. The highest BCUT2D eigenvalue weighted by atomic mass is 32.2. The zero-order valence-electron chi connectivity index (χ0n) is 16.7. The molecule has 0 radical (unpaired) electrons. The molecule has 0 saturated carbocycles. The first kappa shape index (κ1) is 20.8. The molecule has 0 N–H and O–H groups in total. The van der Waals surface area contributed by atoms with Gasteiger partial charge in [-0.15, -0.1) is 0 Å². The van der Waals surface area contributed by atoms with E-state index in [1.807, 2.05) is 11.0 Å². The van der Waals surface area contributed by atoms with Gasteiger partial charge in [-0.05, 0) is 24.3 Å². The maximum absolute atomic E-state index is 13.7. The molecule has 2 aliphatic heterocycles. The number of rotatable bonds is 5. The topological polar surface area (TPSA) is 88.1 Å². The Morgan fingerprint density at radius 1 is 1.03 bits per heavy atom. The molecule has 3 heterocycles. The number of anilines is 2. The van der Waals surface area contributed by atoms with E-state index in [2.05, 4.69) is 14.9 Å². The molecule has 162 valence electrons. The predicted molar refractivity (Wildman–Crippen MR) is 109 cm³/mol. The first-order chi connectivity index (χ1) is 14.5. The number of halogens is 1. The Morgan fingerprint density at radius 3 is 2.47 bits per heavy atom. The summed E-state index contributed by atoms with van der Waals surface area (Å²) in [6.45, 7) is 4.24. The Kier molecular flexibility index (Phi) is 6.02. The van der Waals surface area contributed by atoms with E-state index in [-0.39, 0.29) is 23.7 Å². The Labute approximate surface area is 175 Å². The largest absolute Gasteiger partial charge is 0.495 e. The second-order valence-electron chi connectivity index (χ2n) is 7.00. The van der Waals surface area contributed by atoms with Crippen molar-refractivity contribution in [3.05, 3.63) is 36.3 Å². The Balaban J connectivity index is 1.47. The molecule has 2 fully saturated rings. The van der Waals surface area contributed by atoms with Crippen LogP contribution < -0.4 is 14.5 Å². The van der Waals surface area contributed by atoms with Crippen LogP contribution in [0.4, 0.5) is 16.2 Å². The van der Waals surface area contributed by atoms with E-state index < -0.39 is 15.8 Å². The van der Waals surface area contributed by atoms with Crippen molar-refractivity contribution in [2.75, 3.05) is 69.4 Å². The van der Waals surface area contributed by atoms with E-state index in [1.165, 1.54) is 23.5 Å². The van der Waals surface area contributed by atoms with E-state index in [9.17, 15) is 12.8 Å². The highest BCUT2D eigenvalue weighted by molar-refractivity contribution is 7.89. The number of nitrogens with zero attached hydrogens (tertiary/aromatic N) is 5. The van der Waals surface area contributed by atoms with Crippen LogP contribution in [0.1, 0.15) is 0 Å². The maximum atomic E-state index is 13.7. The maximum Gasteiger partial charge on any atom is 0.246 e. The molecular weight excluding hydrogens is 413 g/mol. The van der Waals surface area contributed by atoms with E-state index in [0.29, 0.717) is 32.3 Å². The molecule has 2 aromatic rings. The van der Waals surface area contributed by atoms with Crippen molar-refractivity contribution in [3.63, 3.8) is 0 Å². The fraction of sp³-hybridized carbons (Fsp3) is 0.474. The molecule has 0 aliphatic carbocycles. The van der Waals surface area contributed by atoms with Crippen molar-refractivity contribution in [2.45, 2.75) is 4.90 Å². The number of hydrogen-bond acceptors (Lipinski definition) is 8. The van der Waals surface area contributed by atoms with Gasteiger partial charge in [0, 0.05) is 45.5 Å². The van der Waals surface area contributed by atoms with Crippen molar-refractivity contribution < 1.29 is 22.3 Å². The molecule has 2 saturated heterocycles. The molecule has 9 nitrogen and oxygen atoms in total. The van der Waals surface area contributed by atoms with Crippen LogP contribution in [0.3, 0.4) is 0 Å². The molecule has 11 heteroatoms. The molecule has 1 aromatic heterocycles. The van der Waals surface area contributed by atoms with Gasteiger partial charge >= 0.3 is 0 Å². The molecule has 2 aliphatic rings. The second kappa shape index (κ2) is 8.70. The minimum Gasteiger partial charge on any atom is -0.495 e. The monoisotopic (exact) mass is 437 g/mol. The number of aromatic nitrogens is 2. The summed E-state index contributed by atoms with van der Waals surface area (Å²) in [5.41, 5.74) is 0. The van der Waals surface area contributed by atoms with Crippen LogP contribution in [0.5, 0.6) is 5.75 Å². The number of sulfonamides is 1.